The average Bonchev–Trinajstić information content (AvgIpc) is 2.34. The maximum atomic E-state index is 13.4. The van der Waals surface area contributed by atoms with E-state index in [1.807, 2.05) is 0 Å². The van der Waals surface area contributed by atoms with E-state index in [-0.39, 0.29) is 16.1 Å². The predicted octanol–water partition coefficient (Wildman–Crippen LogP) is 2.82. The van der Waals surface area contributed by atoms with Crippen LogP contribution in [0, 0.1) is 18.7 Å². The molecule has 0 heterocycles. The van der Waals surface area contributed by atoms with Gasteiger partial charge in [0.2, 0.25) is 10.0 Å². The predicted molar refractivity (Wildman–Crippen MR) is 79.4 cm³/mol. The summed E-state index contributed by atoms with van der Waals surface area (Å²) in [5.41, 5.74) is 5.54. The van der Waals surface area contributed by atoms with Crippen LogP contribution in [0.5, 0.6) is 0 Å². The van der Waals surface area contributed by atoms with E-state index in [1.165, 1.54) is 13.0 Å². The Morgan fingerprint density at radius 1 is 1.30 bits per heavy atom. The smallest absolute Gasteiger partial charge is 0.240 e. The molecular weight excluding hydrogens is 279 g/mol. The van der Waals surface area contributed by atoms with Crippen molar-refractivity contribution in [2.24, 2.45) is 5.92 Å². The molecule has 1 rings (SSSR count). The SMILES string of the molecule is Cc1cc(S(=O)(=O)NCCCCC(C)C)cc(N)c1F. The van der Waals surface area contributed by atoms with Crippen LogP contribution in [-0.4, -0.2) is 15.0 Å². The van der Waals surface area contributed by atoms with Crippen LogP contribution >= 0.6 is 0 Å². The number of rotatable bonds is 7. The highest BCUT2D eigenvalue weighted by atomic mass is 32.2. The maximum absolute atomic E-state index is 13.4. The number of nitrogens with two attached hydrogens (primary N) is 1. The van der Waals surface area contributed by atoms with E-state index in [4.69, 9.17) is 5.73 Å². The van der Waals surface area contributed by atoms with Gasteiger partial charge in [-0.1, -0.05) is 26.7 Å². The van der Waals surface area contributed by atoms with Crippen molar-refractivity contribution in [1.29, 1.82) is 0 Å². The van der Waals surface area contributed by atoms with Gasteiger partial charge in [-0.2, -0.15) is 0 Å². The number of unbranched alkanes of at least 4 members (excludes halogenated alkanes) is 1. The quantitative estimate of drug-likeness (QED) is 0.601. The molecule has 0 amide bonds. The second kappa shape index (κ2) is 7.04. The van der Waals surface area contributed by atoms with Gasteiger partial charge in [0, 0.05) is 6.54 Å². The van der Waals surface area contributed by atoms with Gasteiger partial charge in [0.1, 0.15) is 5.82 Å². The fourth-order valence-corrected chi connectivity index (χ4v) is 3.08. The summed E-state index contributed by atoms with van der Waals surface area (Å²) in [5, 5.41) is 0. The molecule has 0 aliphatic rings. The molecule has 0 spiro atoms. The largest absolute Gasteiger partial charge is 0.396 e. The van der Waals surface area contributed by atoms with E-state index in [2.05, 4.69) is 18.6 Å². The highest BCUT2D eigenvalue weighted by Gasteiger charge is 2.16. The van der Waals surface area contributed by atoms with Gasteiger partial charge in [-0.25, -0.2) is 17.5 Å². The zero-order valence-electron chi connectivity index (χ0n) is 12.2. The summed E-state index contributed by atoms with van der Waals surface area (Å²) >= 11 is 0. The molecular formula is C14H23FN2O2S. The molecule has 0 unspecified atom stereocenters. The van der Waals surface area contributed by atoms with Crippen LogP contribution in [0.15, 0.2) is 17.0 Å². The average molecular weight is 302 g/mol. The zero-order chi connectivity index (χ0) is 15.3. The topological polar surface area (TPSA) is 72.2 Å². The molecule has 6 heteroatoms. The van der Waals surface area contributed by atoms with Crippen LogP contribution < -0.4 is 10.5 Å². The van der Waals surface area contributed by atoms with Crippen LogP contribution in [0.1, 0.15) is 38.7 Å². The third kappa shape index (κ3) is 4.76. The van der Waals surface area contributed by atoms with Gasteiger partial charge >= 0.3 is 0 Å². The van der Waals surface area contributed by atoms with Crippen molar-refractivity contribution in [2.75, 3.05) is 12.3 Å². The van der Waals surface area contributed by atoms with E-state index in [0.29, 0.717) is 12.5 Å². The maximum Gasteiger partial charge on any atom is 0.240 e. The Labute approximate surface area is 120 Å². The minimum atomic E-state index is -3.62. The molecule has 114 valence electrons. The first-order chi connectivity index (χ1) is 9.24. The fraction of sp³-hybridized carbons (Fsp3) is 0.571. The Hall–Kier alpha value is -1.14. The lowest BCUT2D eigenvalue weighted by Crippen LogP contribution is -2.25. The molecule has 20 heavy (non-hydrogen) atoms. The number of aryl methyl sites for hydroxylation is 1. The Balaban J connectivity index is 2.65. The van der Waals surface area contributed by atoms with Crippen LogP contribution in [0.25, 0.3) is 0 Å². The molecule has 4 nitrogen and oxygen atoms in total. The Morgan fingerprint density at radius 3 is 2.50 bits per heavy atom. The molecule has 0 aromatic heterocycles. The number of nitrogen functional groups attached to an aromatic ring is 1. The number of halogens is 1. The summed E-state index contributed by atoms with van der Waals surface area (Å²) in [4.78, 5) is 0.0118. The summed E-state index contributed by atoms with van der Waals surface area (Å²) in [6.45, 7) is 6.14. The summed E-state index contributed by atoms with van der Waals surface area (Å²) in [6, 6.07) is 2.45. The second-order valence-electron chi connectivity index (χ2n) is 5.43. The molecule has 3 N–H and O–H groups in total. The molecule has 0 saturated heterocycles. The van der Waals surface area contributed by atoms with E-state index in [9.17, 15) is 12.8 Å². The highest BCUT2D eigenvalue weighted by molar-refractivity contribution is 7.89. The third-order valence-electron chi connectivity index (χ3n) is 3.07. The standard InChI is InChI=1S/C14H23FN2O2S/c1-10(2)6-4-5-7-17-20(18,19)12-8-11(3)14(15)13(16)9-12/h8-10,17H,4-7,16H2,1-3H3. The summed E-state index contributed by atoms with van der Waals surface area (Å²) in [5.74, 6) is 0.0482. The molecule has 0 bridgehead atoms. The number of sulfonamides is 1. The van der Waals surface area contributed by atoms with Crippen molar-refractivity contribution in [2.45, 2.75) is 44.9 Å². The molecule has 1 aromatic carbocycles. The first-order valence-electron chi connectivity index (χ1n) is 6.79. The van der Waals surface area contributed by atoms with Crippen LogP contribution in [-0.2, 0) is 10.0 Å². The minimum Gasteiger partial charge on any atom is -0.396 e. The molecule has 0 atom stereocenters. The van der Waals surface area contributed by atoms with Crippen molar-refractivity contribution in [3.05, 3.63) is 23.5 Å². The highest BCUT2D eigenvalue weighted by Crippen LogP contribution is 2.20. The number of hydrogen-bond acceptors (Lipinski definition) is 3. The van der Waals surface area contributed by atoms with Crippen LogP contribution in [0.3, 0.4) is 0 Å². The molecule has 0 aliphatic heterocycles. The van der Waals surface area contributed by atoms with Crippen molar-refractivity contribution in [1.82, 2.24) is 4.72 Å². The first-order valence-corrected chi connectivity index (χ1v) is 8.27. The number of hydrogen-bond donors (Lipinski definition) is 2. The van der Waals surface area contributed by atoms with E-state index >= 15 is 0 Å². The van der Waals surface area contributed by atoms with E-state index in [0.717, 1.165) is 25.3 Å². The first kappa shape index (κ1) is 16.9. The van der Waals surface area contributed by atoms with Crippen LogP contribution in [0.2, 0.25) is 0 Å². The lowest BCUT2D eigenvalue weighted by atomic mass is 10.1. The van der Waals surface area contributed by atoms with E-state index < -0.39 is 15.8 Å². The fourth-order valence-electron chi connectivity index (χ4n) is 1.89. The van der Waals surface area contributed by atoms with Crippen molar-refractivity contribution in [3.63, 3.8) is 0 Å². The molecule has 0 aliphatic carbocycles. The minimum absolute atomic E-state index is 0.0118. The number of nitrogens with one attached hydrogen (secondary N) is 1. The molecule has 0 fully saturated rings. The lowest BCUT2D eigenvalue weighted by Gasteiger charge is -2.10. The summed E-state index contributed by atoms with van der Waals surface area (Å²) in [7, 11) is -3.62. The number of anilines is 1. The third-order valence-corrected chi connectivity index (χ3v) is 4.51. The van der Waals surface area contributed by atoms with Crippen molar-refractivity contribution in [3.8, 4) is 0 Å². The Morgan fingerprint density at radius 2 is 1.95 bits per heavy atom. The van der Waals surface area contributed by atoms with Gasteiger partial charge in [-0.3, -0.25) is 0 Å². The lowest BCUT2D eigenvalue weighted by molar-refractivity contribution is 0.530. The Bertz CT molecular complexity index is 533. The summed E-state index contributed by atoms with van der Waals surface area (Å²) in [6.07, 6.45) is 2.84. The van der Waals surface area contributed by atoms with Crippen molar-refractivity contribution >= 4 is 15.7 Å². The van der Waals surface area contributed by atoms with Gasteiger partial charge in [0.15, 0.2) is 0 Å². The monoisotopic (exact) mass is 302 g/mol. The molecule has 1 aromatic rings. The normalized spacial score (nSPS) is 12.1. The molecule has 0 saturated carbocycles. The zero-order valence-corrected chi connectivity index (χ0v) is 13.1. The van der Waals surface area contributed by atoms with Gasteiger partial charge in [0.25, 0.3) is 0 Å². The summed E-state index contributed by atoms with van der Waals surface area (Å²) < 4.78 is 40.0. The van der Waals surface area contributed by atoms with Gasteiger partial charge in [0.05, 0.1) is 10.6 Å². The van der Waals surface area contributed by atoms with Gasteiger partial charge in [-0.05, 0) is 37.0 Å². The van der Waals surface area contributed by atoms with Crippen molar-refractivity contribution < 1.29 is 12.8 Å². The van der Waals surface area contributed by atoms with Crippen LogP contribution in [0.4, 0.5) is 10.1 Å². The van der Waals surface area contributed by atoms with E-state index in [1.54, 1.807) is 0 Å². The number of benzene rings is 1. The van der Waals surface area contributed by atoms with Gasteiger partial charge in [-0.15, -0.1) is 0 Å². The van der Waals surface area contributed by atoms with Gasteiger partial charge < -0.3 is 5.73 Å². The second-order valence-corrected chi connectivity index (χ2v) is 7.20. The Kier molecular flexibility index (Phi) is 5.95. The molecule has 0 radical (unpaired) electrons.